The van der Waals surface area contributed by atoms with Crippen molar-refractivity contribution >= 4 is 11.9 Å². The van der Waals surface area contributed by atoms with Gasteiger partial charge < -0.3 is 15.2 Å². The summed E-state index contributed by atoms with van der Waals surface area (Å²) in [4.78, 5) is 23.2. The van der Waals surface area contributed by atoms with E-state index in [2.05, 4.69) is 5.32 Å². The van der Waals surface area contributed by atoms with Gasteiger partial charge in [-0.25, -0.2) is 0 Å². The summed E-state index contributed by atoms with van der Waals surface area (Å²) in [7, 11) is 0. The summed E-state index contributed by atoms with van der Waals surface area (Å²) in [6.07, 6.45) is 3.27. The molecule has 1 aromatic carbocycles. The highest BCUT2D eigenvalue weighted by Gasteiger charge is 2.40. The number of carboxylic acid groups (broad SMARTS) is 1. The van der Waals surface area contributed by atoms with Crippen LogP contribution in [0.15, 0.2) is 24.3 Å². The quantitative estimate of drug-likeness (QED) is 0.809. The second-order valence-electron chi connectivity index (χ2n) is 5.53. The molecular weight excluding hydrogens is 270 g/mol. The molecule has 0 aliphatic heterocycles. The Morgan fingerprint density at radius 3 is 2.71 bits per heavy atom. The first-order chi connectivity index (χ1) is 10.0. The summed E-state index contributed by atoms with van der Waals surface area (Å²) in [6, 6.07) is 6.98. The second kappa shape index (κ2) is 6.61. The molecule has 1 aromatic rings. The van der Waals surface area contributed by atoms with Gasteiger partial charge in [0.05, 0.1) is 18.6 Å². The zero-order valence-electron chi connectivity index (χ0n) is 12.2. The summed E-state index contributed by atoms with van der Waals surface area (Å²) in [5, 5.41) is 11.9. The maximum Gasteiger partial charge on any atom is 0.305 e. The minimum absolute atomic E-state index is 0.0231. The summed E-state index contributed by atoms with van der Waals surface area (Å²) in [5.74, 6) is -0.460. The standard InChI is InChI=1S/C16H21NO4/c1-2-9-21-13-6-3-5-12(10-13)15(20)17-16(7-4-8-16)11-14(18)19/h3,5-6,10H,2,4,7-9,11H2,1H3,(H,17,20)(H,18,19). The fourth-order valence-corrected chi connectivity index (χ4v) is 2.50. The minimum atomic E-state index is -0.880. The van der Waals surface area contributed by atoms with Crippen molar-refractivity contribution in [1.29, 1.82) is 0 Å². The highest BCUT2D eigenvalue weighted by Crippen LogP contribution is 2.35. The number of ether oxygens (including phenoxy) is 1. The van der Waals surface area contributed by atoms with Crippen LogP contribution in [0.2, 0.25) is 0 Å². The highest BCUT2D eigenvalue weighted by atomic mass is 16.5. The maximum absolute atomic E-state index is 12.3. The molecule has 1 fully saturated rings. The molecule has 2 N–H and O–H groups in total. The van der Waals surface area contributed by atoms with Crippen molar-refractivity contribution in [3.05, 3.63) is 29.8 Å². The van der Waals surface area contributed by atoms with E-state index >= 15 is 0 Å². The average Bonchev–Trinajstić information content (AvgIpc) is 2.42. The molecule has 0 atom stereocenters. The van der Waals surface area contributed by atoms with Crippen molar-refractivity contribution in [3.63, 3.8) is 0 Å². The molecule has 5 nitrogen and oxygen atoms in total. The fraction of sp³-hybridized carbons (Fsp3) is 0.500. The molecule has 0 bridgehead atoms. The lowest BCUT2D eigenvalue weighted by atomic mass is 9.74. The largest absolute Gasteiger partial charge is 0.494 e. The van der Waals surface area contributed by atoms with Crippen LogP contribution in [0.4, 0.5) is 0 Å². The molecule has 1 aliphatic carbocycles. The van der Waals surface area contributed by atoms with Crippen molar-refractivity contribution in [1.82, 2.24) is 5.32 Å². The number of benzene rings is 1. The molecule has 0 aromatic heterocycles. The van der Waals surface area contributed by atoms with Gasteiger partial charge in [-0.2, -0.15) is 0 Å². The van der Waals surface area contributed by atoms with Gasteiger partial charge in [0.2, 0.25) is 0 Å². The number of aliphatic carboxylic acids is 1. The van der Waals surface area contributed by atoms with Crippen LogP contribution in [-0.2, 0) is 4.79 Å². The summed E-state index contributed by atoms with van der Waals surface area (Å²) < 4.78 is 5.51. The Hall–Kier alpha value is -2.04. The van der Waals surface area contributed by atoms with E-state index in [1.807, 2.05) is 13.0 Å². The zero-order valence-corrected chi connectivity index (χ0v) is 12.2. The zero-order chi connectivity index (χ0) is 15.3. The number of carbonyl (C=O) groups excluding carboxylic acids is 1. The van der Waals surface area contributed by atoms with Gasteiger partial charge in [0.1, 0.15) is 5.75 Å². The minimum Gasteiger partial charge on any atom is -0.494 e. The van der Waals surface area contributed by atoms with Gasteiger partial charge in [-0.1, -0.05) is 13.0 Å². The van der Waals surface area contributed by atoms with Gasteiger partial charge >= 0.3 is 5.97 Å². The number of carbonyl (C=O) groups is 2. The van der Waals surface area contributed by atoms with E-state index in [1.165, 1.54) is 0 Å². The lowest BCUT2D eigenvalue weighted by Gasteiger charge is -2.41. The number of hydrogen-bond acceptors (Lipinski definition) is 3. The summed E-state index contributed by atoms with van der Waals surface area (Å²) >= 11 is 0. The molecular formula is C16H21NO4. The van der Waals surface area contributed by atoms with Crippen LogP contribution in [0.1, 0.15) is 49.4 Å². The summed E-state index contributed by atoms with van der Waals surface area (Å²) in [6.45, 7) is 2.62. The van der Waals surface area contributed by atoms with Crippen LogP contribution in [-0.4, -0.2) is 29.1 Å². The van der Waals surface area contributed by atoms with Crippen molar-refractivity contribution in [2.24, 2.45) is 0 Å². The molecule has 0 spiro atoms. The molecule has 1 amide bonds. The first-order valence-electron chi connectivity index (χ1n) is 7.32. The Bertz CT molecular complexity index is 523. The van der Waals surface area contributed by atoms with Crippen LogP contribution in [0, 0.1) is 0 Å². The van der Waals surface area contributed by atoms with E-state index in [1.54, 1.807) is 18.2 Å². The number of rotatable bonds is 7. The van der Waals surface area contributed by atoms with Crippen LogP contribution >= 0.6 is 0 Å². The Morgan fingerprint density at radius 1 is 1.38 bits per heavy atom. The van der Waals surface area contributed by atoms with E-state index in [9.17, 15) is 9.59 Å². The van der Waals surface area contributed by atoms with Crippen LogP contribution in [0.25, 0.3) is 0 Å². The Balaban J connectivity index is 2.04. The summed E-state index contributed by atoms with van der Waals surface area (Å²) in [5.41, 5.74) is -0.0799. The van der Waals surface area contributed by atoms with Crippen molar-refractivity contribution in [3.8, 4) is 5.75 Å². The fourth-order valence-electron chi connectivity index (χ4n) is 2.50. The predicted octanol–water partition coefficient (Wildman–Crippen LogP) is 2.60. The highest BCUT2D eigenvalue weighted by molar-refractivity contribution is 5.95. The van der Waals surface area contributed by atoms with Crippen LogP contribution in [0.3, 0.4) is 0 Å². The molecule has 1 aliphatic rings. The molecule has 1 saturated carbocycles. The molecule has 0 radical (unpaired) electrons. The van der Waals surface area contributed by atoms with Gasteiger partial charge in [0.25, 0.3) is 5.91 Å². The molecule has 0 saturated heterocycles. The average molecular weight is 291 g/mol. The van der Waals surface area contributed by atoms with Crippen molar-refractivity contribution < 1.29 is 19.4 Å². The van der Waals surface area contributed by atoms with E-state index in [-0.39, 0.29) is 12.3 Å². The molecule has 21 heavy (non-hydrogen) atoms. The van der Waals surface area contributed by atoms with E-state index in [0.717, 1.165) is 25.7 Å². The molecule has 0 unspecified atom stereocenters. The number of carboxylic acids is 1. The third kappa shape index (κ3) is 3.97. The molecule has 2 rings (SSSR count). The monoisotopic (exact) mass is 291 g/mol. The van der Waals surface area contributed by atoms with Gasteiger partial charge in [0, 0.05) is 5.56 Å². The Morgan fingerprint density at radius 2 is 2.14 bits per heavy atom. The molecule has 5 heteroatoms. The Kier molecular flexibility index (Phi) is 4.83. The lowest BCUT2D eigenvalue weighted by Crippen LogP contribution is -2.54. The maximum atomic E-state index is 12.3. The van der Waals surface area contributed by atoms with Crippen LogP contribution in [0.5, 0.6) is 5.75 Å². The van der Waals surface area contributed by atoms with Gasteiger partial charge in [-0.15, -0.1) is 0 Å². The van der Waals surface area contributed by atoms with Gasteiger partial charge in [0.15, 0.2) is 0 Å². The van der Waals surface area contributed by atoms with Crippen molar-refractivity contribution in [2.75, 3.05) is 6.61 Å². The van der Waals surface area contributed by atoms with E-state index < -0.39 is 11.5 Å². The van der Waals surface area contributed by atoms with Crippen LogP contribution < -0.4 is 10.1 Å². The first-order valence-corrected chi connectivity index (χ1v) is 7.32. The molecule has 114 valence electrons. The van der Waals surface area contributed by atoms with Gasteiger partial charge in [-0.3, -0.25) is 9.59 Å². The second-order valence-corrected chi connectivity index (χ2v) is 5.53. The van der Waals surface area contributed by atoms with E-state index in [4.69, 9.17) is 9.84 Å². The molecule has 0 heterocycles. The van der Waals surface area contributed by atoms with E-state index in [0.29, 0.717) is 17.9 Å². The SMILES string of the molecule is CCCOc1cccc(C(=O)NC2(CC(=O)O)CCC2)c1. The third-order valence-corrected chi connectivity index (χ3v) is 3.75. The topological polar surface area (TPSA) is 75.6 Å². The lowest BCUT2D eigenvalue weighted by molar-refractivity contribution is -0.139. The number of nitrogens with one attached hydrogen (secondary N) is 1. The van der Waals surface area contributed by atoms with Crippen molar-refractivity contribution in [2.45, 2.75) is 44.6 Å². The third-order valence-electron chi connectivity index (χ3n) is 3.75. The smallest absolute Gasteiger partial charge is 0.305 e. The normalized spacial score (nSPS) is 15.9. The number of amides is 1. The predicted molar refractivity (Wildman–Crippen MR) is 78.5 cm³/mol. The first kappa shape index (κ1) is 15.4. The number of hydrogen-bond donors (Lipinski definition) is 2. The Labute approximate surface area is 124 Å². The van der Waals surface area contributed by atoms with Gasteiger partial charge in [-0.05, 0) is 43.9 Å².